The van der Waals surface area contributed by atoms with Crippen molar-refractivity contribution in [1.82, 2.24) is 4.57 Å². The minimum absolute atomic E-state index is 0.0542. The highest BCUT2D eigenvalue weighted by Gasteiger charge is 2.18. The third kappa shape index (κ3) is 3.12. The van der Waals surface area contributed by atoms with Crippen LogP contribution in [0.5, 0.6) is 0 Å². The number of hydrogen-bond acceptors (Lipinski definition) is 4. The number of carbonyl (C=O) groups excluding carboxylic acids is 2. The number of nitrogens with zero attached hydrogens (tertiary/aromatic N) is 1. The van der Waals surface area contributed by atoms with Crippen LogP contribution >= 0.6 is 11.3 Å². The van der Waals surface area contributed by atoms with Gasteiger partial charge in [0.15, 0.2) is 0 Å². The van der Waals surface area contributed by atoms with E-state index in [2.05, 4.69) is 5.32 Å². The number of carbonyl (C=O) groups is 2. The van der Waals surface area contributed by atoms with E-state index in [9.17, 15) is 9.59 Å². The fraction of sp³-hybridized carbons (Fsp3) is 0.176. The average molecular weight is 328 g/mol. The fourth-order valence-electron chi connectivity index (χ4n) is 2.49. The molecule has 6 heteroatoms. The molecular weight excluding hydrogens is 312 g/mol. The molecule has 0 spiro atoms. The highest BCUT2D eigenvalue weighted by Crippen LogP contribution is 2.26. The van der Waals surface area contributed by atoms with E-state index in [1.54, 1.807) is 10.6 Å². The maximum Gasteiger partial charge on any atom is 0.354 e. The SMILES string of the molecule is COC(=O)c1cc2sccc2n1CC(=O)Nc1cccc(C)c1. The summed E-state index contributed by atoms with van der Waals surface area (Å²) in [6.45, 7) is 2.02. The molecule has 2 aromatic heterocycles. The highest BCUT2D eigenvalue weighted by atomic mass is 32.1. The number of anilines is 1. The number of aryl methyl sites for hydroxylation is 1. The van der Waals surface area contributed by atoms with Gasteiger partial charge in [0.25, 0.3) is 0 Å². The molecule has 0 saturated heterocycles. The Kier molecular flexibility index (Phi) is 4.16. The summed E-state index contributed by atoms with van der Waals surface area (Å²) in [7, 11) is 1.33. The van der Waals surface area contributed by atoms with E-state index in [-0.39, 0.29) is 12.5 Å². The van der Waals surface area contributed by atoms with Crippen molar-refractivity contribution in [3.05, 3.63) is 53.0 Å². The summed E-state index contributed by atoms with van der Waals surface area (Å²) in [4.78, 5) is 24.3. The molecule has 0 radical (unpaired) electrons. The zero-order valence-corrected chi connectivity index (χ0v) is 13.6. The summed E-state index contributed by atoms with van der Waals surface area (Å²) < 4.78 is 7.44. The second-order valence-corrected chi connectivity index (χ2v) is 6.14. The molecule has 0 aliphatic carbocycles. The van der Waals surface area contributed by atoms with Gasteiger partial charge in [-0.05, 0) is 42.1 Å². The molecule has 3 rings (SSSR count). The van der Waals surface area contributed by atoms with Gasteiger partial charge in [-0.3, -0.25) is 4.79 Å². The molecule has 0 fully saturated rings. The Morgan fingerprint density at radius 1 is 1.26 bits per heavy atom. The molecule has 118 valence electrons. The molecule has 1 amide bonds. The van der Waals surface area contributed by atoms with E-state index >= 15 is 0 Å². The summed E-state index contributed by atoms with van der Waals surface area (Å²) >= 11 is 1.52. The third-order valence-electron chi connectivity index (χ3n) is 3.52. The number of hydrogen-bond donors (Lipinski definition) is 1. The van der Waals surface area contributed by atoms with Gasteiger partial charge in [-0.15, -0.1) is 11.3 Å². The Morgan fingerprint density at radius 3 is 2.83 bits per heavy atom. The monoisotopic (exact) mass is 328 g/mol. The average Bonchev–Trinajstić information content (AvgIpc) is 3.09. The van der Waals surface area contributed by atoms with E-state index in [0.29, 0.717) is 5.69 Å². The van der Waals surface area contributed by atoms with Gasteiger partial charge in [-0.25, -0.2) is 4.79 Å². The van der Waals surface area contributed by atoms with E-state index in [1.807, 2.05) is 42.6 Å². The maximum atomic E-state index is 12.3. The minimum atomic E-state index is -0.447. The summed E-state index contributed by atoms with van der Waals surface area (Å²) in [6, 6.07) is 11.2. The Balaban J connectivity index is 1.86. The number of amides is 1. The lowest BCUT2D eigenvalue weighted by atomic mass is 10.2. The highest BCUT2D eigenvalue weighted by molar-refractivity contribution is 7.17. The zero-order valence-electron chi connectivity index (χ0n) is 12.8. The molecule has 3 aromatic rings. The van der Waals surface area contributed by atoms with Crippen LogP contribution in [0.1, 0.15) is 16.1 Å². The maximum absolute atomic E-state index is 12.3. The van der Waals surface area contributed by atoms with Crippen LogP contribution in [0, 0.1) is 6.92 Å². The topological polar surface area (TPSA) is 60.3 Å². The summed E-state index contributed by atoms with van der Waals surface area (Å²) in [5.41, 5.74) is 3.05. The van der Waals surface area contributed by atoms with Crippen LogP contribution in [-0.2, 0) is 16.1 Å². The van der Waals surface area contributed by atoms with Gasteiger partial charge in [0.2, 0.25) is 5.91 Å². The van der Waals surface area contributed by atoms with Crippen LogP contribution < -0.4 is 5.32 Å². The van der Waals surface area contributed by atoms with Crippen molar-refractivity contribution in [1.29, 1.82) is 0 Å². The number of fused-ring (bicyclic) bond motifs is 1. The molecule has 0 aliphatic heterocycles. The lowest BCUT2D eigenvalue weighted by Gasteiger charge is -2.10. The van der Waals surface area contributed by atoms with Crippen molar-refractivity contribution < 1.29 is 14.3 Å². The van der Waals surface area contributed by atoms with E-state index in [1.165, 1.54) is 18.4 Å². The number of nitrogens with one attached hydrogen (secondary N) is 1. The first kappa shape index (κ1) is 15.3. The first-order valence-corrected chi connectivity index (χ1v) is 7.98. The second kappa shape index (κ2) is 6.26. The van der Waals surface area contributed by atoms with Crippen LogP contribution in [0.2, 0.25) is 0 Å². The smallest absolute Gasteiger partial charge is 0.354 e. The predicted octanol–water partition coefficient (Wildman–Crippen LogP) is 3.44. The predicted molar refractivity (Wildman–Crippen MR) is 91.0 cm³/mol. The van der Waals surface area contributed by atoms with E-state index in [4.69, 9.17) is 4.74 Å². The molecule has 1 N–H and O–H groups in total. The van der Waals surface area contributed by atoms with Crippen molar-refractivity contribution >= 4 is 39.1 Å². The summed E-state index contributed by atoms with van der Waals surface area (Å²) in [6.07, 6.45) is 0. The third-order valence-corrected chi connectivity index (χ3v) is 4.37. The molecule has 1 aromatic carbocycles. The van der Waals surface area contributed by atoms with E-state index in [0.717, 1.165) is 21.5 Å². The van der Waals surface area contributed by atoms with Crippen molar-refractivity contribution in [2.75, 3.05) is 12.4 Å². The number of methoxy groups -OCH3 is 1. The first-order valence-electron chi connectivity index (χ1n) is 7.10. The van der Waals surface area contributed by atoms with Crippen LogP contribution in [0.15, 0.2) is 41.8 Å². The Bertz CT molecular complexity index is 879. The lowest BCUT2D eigenvalue weighted by molar-refractivity contribution is -0.116. The van der Waals surface area contributed by atoms with Gasteiger partial charge in [0.05, 0.1) is 17.3 Å². The Morgan fingerprint density at radius 2 is 2.09 bits per heavy atom. The zero-order chi connectivity index (χ0) is 16.4. The standard InChI is InChI=1S/C17H16N2O3S/c1-11-4-3-5-12(8-11)18-16(20)10-19-13-6-7-23-15(13)9-14(19)17(21)22-2/h3-9H,10H2,1-2H3,(H,18,20). The molecule has 0 saturated carbocycles. The van der Waals surface area contributed by atoms with Crippen LogP contribution in [-0.4, -0.2) is 23.6 Å². The molecule has 0 unspecified atom stereocenters. The number of aromatic nitrogens is 1. The molecule has 23 heavy (non-hydrogen) atoms. The van der Waals surface area contributed by atoms with Gasteiger partial charge in [-0.1, -0.05) is 12.1 Å². The molecule has 0 aliphatic rings. The second-order valence-electron chi connectivity index (χ2n) is 5.20. The molecule has 0 bridgehead atoms. The normalized spacial score (nSPS) is 10.7. The number of thiophene rings is 1. The van der Waals surface area contributed by atoms with Gasteiger partial charge in [0, 0.05) is 5.69 Å². The van der Waals surface area contributed by atoms with Crippen molar-refractivity contribution in [2.45, 2.75) is 13.5 Å². The van der Waals surface area contributed by atoms with Crippen molar-refractivity contribution in [3.63, 3.8) is 0 Å². The van der Waals surface area contributed by atoms with E-state index < -0.39 is 5.97 Å². The number of rotatable bonds is 4. The minimum Gasteiger partial charge on any atom is -0.464 e. The molecule has 5 nitrogen and oxygen atoms in total. The molecular formula is C17H16N2O3S. The largest absolute Gasteiger partial charge is 0.464 e. The molecule has 0 atom stereocenters. The number of ether oxygens (including phenoxy) is 1. The van der Waals surface area contributed by atoms with Crippen molar-refractivity contribution in [2.24, 2.45) is 0 Å². The van der Waals surface area contributed by atoms with Crippen molar-refractivity contribution in [3.8, 4) is 0 Å². The van der Waals surface area contributed by atoms with Crippen LogP contribution in [0.3, 0.4) is 0 Å². The Labute approximate surface area is 137 Å². The van der Waals surface area contributed by atoms with Gasteiger partial charge in [-0.2, -0.15) is 0 Å². The number of benzene rings is 1. The number of esters is 1. The van der Waals surface area contributed by atoms with Crippen LogP contribution in [0.4, 0.5) is 5.69 Å². The van der Waals surface area contributed by atoms with Gasteiger partial charge < -0.3 is 14.6 Å². The van der Waals surface area contributed by atoms with Gasteiger partial charge in [0.1, 0.15) is 12.2 Å². The fourth-order valence-corrected chi connectivity index (χ4v) is 3.31. The van der Waals surface area contributed by atoms with Gasteiger partial charge >= 0.3 is 5.97 Å². The first-order chi connectivity index (χ1) is 11.1. The summed E-state index contributed by atoms with van der Waals surface area (Å²) in [5, 5.41) is 4.78. The quantitative estimate of drug-likeness (QED) is 0.746. The lowest BCUT2D eigenvalue weighted by Crippen LogP contribution is -2.21. The van der Waals surface area contributed by atoms with Crippen LogP contribution in [0.25, 0.3) is 10.2 Å². The molecule has 2 heterocycles. The summed E-state index contributed by atoms with van der Waals surface area (Å²) in [5.74, 6) is -0.638. The Hall–Kier alpha value is -2.60.